The molecule has 1 aliphatic rings. The molecule has 8 heteroatoms. The maximum atomic E-state index is 11.4. The highest BCUT2D eigenvalue weighted by molar-refractivity contribution is 6.01. The Kier molecular flexibility index (Phi) is 3.35. The number of likely N-dealkylation sites (tertiary alicyclic amines) is 1. The molecule has 3 amide bonds. The van der Waals surface area contributed by atoms with Gasteiger partial charge in [-0.25, -0.2) is 0 Å². The van der Waals surface area contributed by atoms with Gasteiger partial charge in [0.1, 0.15) is 6.54 Å². The van der Waals surface area contributed by atoms with Gasteiger partial charge >= 0.3 is 6.01 Å². The van der Waals surface area contributed by atoms with Gasteiger partial charge < -0.3 is 4.42 Å². The lowest BCUT2D eigenvalue weighted by molar-refractivity contribution is -0.139. The van der Waals surface area contributed by atoms with Crippen LogP contribution in [-0.2, 0) is 20.9 Å². The normalized spacial score (nSPS) is 15.3. The van der Waals surface area contributed by atoms with Crippen LogP contribution in [0.2, 0.25) is 0 Å². The summed E-state index contributed by atoms with van der Waals surface area (Å²) in [7, 11) is 0. The van der Waals surface area contributed by atoms with Gasteiger partial charge in [-0.3, -0.25) is 24.6 Å². The summed E-state index contributed by atoms with van der Waals surface area (Å²) in [5.74, 6) is -0.641. The molecule has 1 aromatic rings. The second-order valence-electron chi connectivity index (χ2n) is 3.78. The van der Waals surface area contributed by atoms with E-state index in [9.17, 15) is 14.4 Å². The van der Waals surface area contributed by atoms with Crippen molar-refractivity contribution in [2.75, 3.05) is 5.32 Å². The highest BCUT2D eigenvalue weighted by Crippen LogP contribution is 2.16. The molecule has 1 N–H and O–H groups in total. The number of nitrogens with one attached hydrogen (secondary N) is 1. The van der Waals surface area contributed by atoms with Gasteiger partial charge in [-0.05, 0) is 0 Å². The fraction of sp³-hybridized carbons (Fsp3) is 0.500. The third kappa shape index (κ3) is 2.53. The SMILES string of the molecule is CCC(=O)Nc1nnc(CN2C(=O)CCC2=O)o1. The Morgan fingerprint density at radius 3 is 2.61 bits per heavy atom. The summed E-state index contributed by atoms with van der Waals surface area (Å²) in [6.45, 7) is 1.64. The van der Waals surface area contributed by atoms with Crippen LogP contribution in [0, 0.1) is 0 Å². The van der Waals surface area contributed by atoms with Crippen molar-refractivity contribution >= 4 is 23.7 Å². The van der Waals surface area contributed by atoms with E-state index in [0.717, 1.165) is 4.90 Å². The predicted octanol–water partition coefficient (Wildman–Crippen LogP) is 0.0671. The molecule has 1 saturated heterocycles. The summed E-state index contributed by atoms with van der Waals surface area (Å²) < 4.78 is 5.11. The van der Waals surface area contributed by atoms with E-state index in [-0.39, 0.29) is 49.0 Å². The number of anilines is 1. The summed E-state index contributed by atoms with van der Waals surface area (Å²) >= 11 is 0. The maximum Gasteiger partial charge on any atom is 0.322 e. The van der Waals surface area contributed by atoms with Crippen LogP contribution in [-0.4, -0.2) is 32.8 Å². The average molecular weight is 252 g/mol. The molecule has 96 valence electrons. The molecular weight excluding hydrogens is 240 g/mol. The highest BCUT2D eigenvalue weighted by atomic mass is 16.4. The molecule has 2 rings (SSSR count). The van der Waals surface area contributed by atoms with Gasteiger partial charge in [-0.15, -0.1) is 5.10 Å². The molecule has 1 fully saturated rings. The lowest BCUT2D eigenvalue weighted by Crippen LogP contribution is -2.28. The number of hydrogen-bond acceptors (Lipinski definition) is 6. The number of imide groups is 1. The van der Waals surface area contributed by atoms with Gasteiger partial charge in [0.05, 0.1) is 0 Å². The van der Waals surface area contributed by atoms with Gasteiger partial charge in [-0.1, -0.05) is 12.0 Å². The minimum absolute atomic E-state index is 0.0315. The van der Waals surface area contributed by atoms with Crippen molar-refractivity contribution in [3.63, 3.8) is 0 Å². The van der Waals surface area contributed by atoms with Gasteiger partial charge in [-0.2, -0.15) is 0 Å². The minimum atomic E-state index is -0.252. The second-order valence-corrected chi connectivity index (χ2v) is 3.78. The molecule has 0 spiro atoms. The standard InChI is InChI=1S/C10H12N4O4/c1-2-6(15)11-10-13-12-7(18-10)5-14-8(16)3-4-9(14)17/h2-5H2,1H3,(H,11,13,15). The summed E-state index contributed by atoms with van der Waals surface area (Å²) in [5.41, 5.74) is 0. The summed E-state index contributed by atoms with van der Waals surface area (Å²) in [4.78, 5) is 34.9. The van der Waals surface area contributed by atoms with Crippen LogP contribution in [0.3, 0.4) is 0 Å². The minimum Gasteiger partial charge on any atom is -0.406 e. The molecule has 8 nitrogen and oxygen atoms in total. The monoisotopic (exact) mass is 252 g/mol. The van der Waals surface area contributed by atoms with Gasteiger partial charge in [0.25, 0.3) is 0 Å². The predicted molar refractivity (Wildman–Crippen MR) is 58.0 cm³/mol. The molecule has 2 heterocycles. The Morgan fingerprint density at radius 1 is 1.33 bits per heavy atom. The first kappa shape index (κ1) is 12.2. The van der Waals surface area contributed by atoms with Crippen molar-refractivity contribution < 1.29 is 18.8 Å². The van der Waals surface area contributed by atoms with E-state index in [4.69, 9.17) is 4.42 Å². The smallest absolute Gasteiger partial charge is 0.322 e. The zero-order valence-corrected chi connectivity index (χ0v) is 9.80. The number of carbonyl (C=O) groups is 3. The fourth-order valence-corrected chi connectivity index (χ4v) is 1.51. The quantitative estimate of drug-likeness (QED) is 0.760. The summed E-state index contributed by atoms with van der Waals surface area (Å²) in [6.07, 6.45) is 0.722. The Labute approximate surface area is 102 Å². The molecule has 0 radical (unpaired) electrons. The van der Waals surface area contributed by atoms with Crippen LogP contribution in [0.1, 0.15) is 32.1 Å². The van der Waals surface area contributed by atoms with Gasteiger partial charge in [0.15, 0.2) is 0 Å². The van der Waals surface area contributed by atoms with E-state index in [2.05, 4.69) is 15.5 Å². The largest absolute Gasteiger partial charge is 0.406 e. The summed E-state index contributed by atoms with van der Waals surface area (Å²) in [6, 6.07) is -0.0315. The first-order valence-corrected chi connectivity index (χ1v) is 5.55. The van der Waals surface area contributed by atoms with Crippen LogP contribution in [0.5, 0.6) is 0 Å². The molecule has 0 aliphatic carbocycles. The lowest BCUT2D eigenvalue weighted by atomic mass is 10.4. The number of nitrogens with zero attached hydrogens (tertiary/aromatic N) is 3. The van der Waals surface area contributed by atoms with Crippen molar-refractivity contribution in [2.24, 2.45) is 0 Å². The van der Waals surface area contributed by atoms with E-state index in [0.29, 0.717) is 6.42 Å². The van der Waals surface area contributed by atoms with Crippen molar-refractivity contribution in [3.8, 4) is 0 Å². The van der Waals surface area contributed by atoms with Crippen LogP contribution >= 0.6 is 0 Å². The number of hydrogen-bond donors (Lipinski definition) is 1. The van der Waals surface area contributed by atoms with Crippen LogP contribution in [0.4, 0.5) is 6.01 Å². The Balaban J connectivity index is 2.00. The Morgan fingerprint density at radius 2 is 2.00 bits per heavy atom. The van der Waals surface area contributed by atoms with Crippen LogP contribution in [0.25, 0.3) is 0 Å². The zero-order chi connectivity index (χ0) is 13.1. The molecule has 18 heavy (non-hydrogen) atoms. The summed E-state index contributed by atoms with van der Waals surface area (Å²) in [5, 5.41) is 9.65. The third-order valence-corrected chi connectivity index (χ3v) is 2.48. The molecular formula is C10H12N4O4. The molecule has 1 aliphatic heterocycles. The third-order valence-electron chi connectivity index (χ3n) is 2.48. The number of carbonyl (C=O) groups excluding carboxylic acids is 3. The van der Waals surface area contributed by atoms with E-state index in [1.54, 1.807) is 6.92 Å². The molecule has 0 unspecified atom stereocenters. The lowest BCUT2D eigenvalue weighted by Gasteiger charge is -2.09. The Bertz CT molecular complexity index is 480. The average Bonchev–Trinajstić information content (AvgIpc) is 2.91. The van der Waals surface area contributed by atoms with Crippen molar-refractivity contribution in [2.45, 2.75) is 32.7 Å². The maximum absolute atomic E-state index is 11.4. The zero-order valence-electron chi connectivity index (χ0n) is 9.80. The van der Waals surface area contributed by atoms with Crippen LogP contribution < -0.4 is 5.32 Å². The molecule has 0 saturated carbocycles. The number of aromatic nitrogens is 2. The number of amides is 3. The van der Waals surface area contributed by atoms with Crippen molar-refractivity contribution in [1.29, 1.82) is 0 Å². The first-order chi connectivity index (χ1) is 8.60. The van der Waals surface area contributed by atoms with Crippen molar-refractivity contribution in [3.05, 3.63) is 5.89 Å². The highest BCUT2D eigenvalue weighted by Gasteiger charge is 2.30. The Hall–Kier alpha value is -2.25. The van der Waals surface area contributed by atoms with E-state index >= 15 is 0 Å². The fourth-order valence-electron chi connectivity index (χ4n) is 1.51. The first-order valence-electron chi connectivity index (χ1n) is 5.55. The van der Waals surface area contributed by atoms with E-state index in [1.165, 1.54) is 0 Å². The topological polar surface area (TPSA) is 105 Å². The van der Waals surface area contributed by atoms with Crippen molar-refractivity contribution in [1.82, 2.24) is 15.1 Å². The van der Waals surface area contributed by atoms with Crippen LogP contribution in [0.15, 0.2) is 4.42 Å². The van der Waals surface area contributed by atoms with E-state index < -0.39 is 0 Å². The number of rotatable bonds is 4. The molecule has 0 bridgehead atoms. The van der Waals surface area contributed by atoms with Gasteiger partial charge in [0, 0.05) is 19.3 Å². The van der Waals surface area contributed by atoms with E-state index in [1.807, 2.05) is 0 Å². The second kappa shape index (κ2) is 4.94. The molecule has 0 atom stereocenters. The molecule has 0 aromatic carbocycles. The molecule has 1 aromatic heterocycles. The van der Waals surface area contributed by atoms with Gasteiger partial charge in [0.2, 0.25) is 23.6 Å².